The zero-order valence-electron chi connectivity index (χ0n) is 18.1. The van der Waals surface area contributed by atoms with Crippen LogP contribution in [0.3, 0.4) is 0 Å². The van der Waals surface area contributed by atoms with Crippen molar-refractivity contribution in [2.45, 2.75) is 25.2 Å². The molecule has 32 heavy (non-hydrogen) atoms. The van der Waals surface area contributed by atoms with Gasteiger partial charge in [-0.3, -0.25) is 14.5 Å². The zero-order valence-corrected chi connectivity index (χ0v) is 18.9. The number of carbonyl (C=O) groups excluding carboxylic acids is 1. The number of sulfonamides is 1. The molecule has 3 aromatic rings. The Morgan fingerprint density at radius 1 is 1.00 bits per heavy atom. The number of carbonyl (C=O) groups is 1. The fourth-order valence-corrected chi connectivity index (χ4v) is 4.76. The first kappa shape index (κ1) is 21.8. The number of hydrogen-bond donors (Lipinski definition) is 1. The highest BCUT2D eigenvalue weighted by Gasteiger charge is 2.21. The summed E-state index contributed by atoms with van der Waals surface area (Å²) in [6.45, 7) is 4.95. The van der Waals surface area contributed by atoms with Crippen LogP contribution in [0, 0.1) is 13.8 Å². The molecule has 0 unspecified atom stereocenters. The quantitative estimate of drug-likeness (QED) is 0.628. The Kier molecular flexibility index (Phi) is 6.10. The number of nitrogens with one attached hydrogen (secondary N) is 1. The van der Waals surface area contributed by atoms with Crippen molar-refractivity contribution in [3.8, 4) is 0 Å². The second-order valence-corrected chi connectivity index (χ2v) is 9.57. The lowest BCUT2D eigenvalue weighted by molar-refractivity contribution is 0.0774. The largest absolute Gasteiger partial charge is 0.334 e. The molecule has 1 aromatic heterocycles. The number of hydrogen-bond acceptors (Lipinski definition) is 4. The monoisotopic (exact) mass is 447 g/mol. The summed E-state index contributed by atoms with van der Waals surface area (Å²) in [5, 5.41) is 0. The fourth-order valence-electron chi connectivity index (χ4n) is 3.61. The van der Waals surface area contributed by atoms with E-state index in [4.69, 9.17) is 0 Å². The molecule has 6 nitrogen and oxygen atoms in total. The van der Waals surface area contributed by atoms with Crippen LogP contribution in [0.2, 0.25) is 0 Å². The molecule has 164 valence electrons. The highest BCUT2D eigenvalue weighted by molar-refractivity contribution is 7.92. The minimum absolute atomic E-state index is 0.0879. The van der Waals surface area contributed by atoms with Gasteiger partial charge in [-0.1, -0.05) is 18.2 Å². The van der Waals surface area contributed by atoms with E-state index in [1.54, 1.807) is 53.6 Å². The predicted octanol–water partition coefficient (Wildman–Crippen LogP) is 4.43. The van der Waals surface area contributed by atoms with Crippen molar-refractivity contribution in [3.05, 3.63) is 95.3 Å². The Morgan fingerprint density at radius 2 is 1.78 bits per heavy atom. The molecular weight excluding hydrogens is 422 g/mol. The molecule has 0 saturated heterocycles. The van der Waals surface area contributed by atoms with Crippen LogP contribution in [0.1, 0.15) is 33.6 Å². The highest BCUT2D eigenvalue weighted by atomic mass is 32.2. The first-order chi connectivity index (χ1) is 15.3. The van der Waals surface area contributed by atoms with Crippen molar-refractivity contribution < 1.29 is 13.2 Å². The third-order valence-corrected chi connectivity index (χ3v) is 6.98. The molecule has 0 bridgehead atoms. The van der Waals surface area contributed by atoms with Gasteiger partial charge in [-0.2, -0.15) is 0 Å². The Bertz CT molecular complexity index is 1270. The fraction of sp³-hybridized carbons (Fsp3) is 0.200. The van der Waals surface area contributed by atoms with E-state index >= 15 is 0 Å². The van der Waals surface area contributed by atoms with Crippen LogP contribution in [0.25, 0.3) is 5.57 Å². The molecular formula is C25H25N3O3S. The summed E-state index contributed by atoms with van der Waals surface area (Å²) in [4.78, 5) is 19.4. The van der Waals surface area contributed by atoms with Gasteiger partial charge in [-0.15, -0.1) is 0 Å². The summed E-state index contributed by atoms with van der Waals surface area (Å²) in [7, 11) is -3.70. The van der Waals surface area contributed by atoms with Gasteiger partial charge in [0, 0.05) is 30.5 Å². The van der Waals surface area contributed by atoms with Crippen molar-refractivity contribution in [2.24, 2.45) is 0 Å². The van der Waals surface area contributed by atoms with Crippen LogP contribution >= 0.6 is 0 Å². The van der Waals surface area contributed by atoms with Crippen LogP contribution in [0.4, 0.5) is 5.69 Å². The maximum Gasteiger partial charge on any atom is 0.261 e. The van der Waals surface area contributed by atoms with Crippen LogP contribution in [0.15, 0.2) is 77.8 Å². The summed E-state index contributed by atoms with van der Waals surface area (Å²) < 4.78 is 28.0. The second-order valence-electron chi connectivity index (χ2n) is 7.89. The number of amides is 1. The summed E-state index contributed by atoms with van der Waals surface area (Å²) in [6, 6.07) is 17.3. The average molecular weight is 448 g/mol. The summed E-state index contributed by atoms with van der Waals surface area (Å²) in [5.41, 5.74) is 4.78. The van der Waals surface area contributed by atoms with Gasteiger partial charge in [0.15, 0.2) is 0 Å². The Hall–Kier alpha value is -3.45. The number of nitrogens with zero attached hydrogens (tertiary/aromatic N) is 2. The Labute approximate surface area is 188 Å². The van der Waals surface area contributed by atoms with Gasteiger partial charge in [-0.05, 0) is 85.5 Å². The van der Waals surface area contributed by atoms with Gasteiger partial charge in [0.2, 0.25) is 0 Å². The molecule has 0 aliphatic carbocycles. The molecule has 2 aromatic carbocycles. The van der Waals surface area contributed by atoms with Gasteiger partial charge in [0.1, 0.15) is 0 Å². The van der Waals surface area contributed by atoms with Crippen LogP contribution in [0.5, 0.6) is 0 Å². The van der Waals surface area contributed by atoms with Crippen molar-refractivity contribution in [1.82, 2.24) is 9.88 Å². The molecule has 0 atom stereocenters. The van der Waals surface area contributed by atoms with Gasteiger partial charge < -0.3 is 4.90 Å². The zero-order chi connectivity index (χ0) is 22.7. The Morgan fingerprint density at radius 3 is 2.47 bits per heavy atom. The van der Waals surface area contributed by atoms with Crippen LogP contribution in [-0.2, 0) is 10.0 Å². The maximum absolute atomic E-state index is 13.0. The van der Waals surface area contributed by atoms with E-state index in [-0.39, 0.29) is 10.8 Å². The average Bonchev–Trinajstić information content (AvgIpc) is 2.81. The molecule has 2 heterocycles. The molecule has 0 radical (unpaired) electrons. The number of aryl methyl sites for hydroxylation is 2. The van der Waals surface area contributed by atoms with Crippen LogP contribution < -0.4 is 4.72 Å². The SMILES string of the molecule is Cc1ccc(S(=O)(=O)Nc2ccc(C(=O)N3CCC=C(c4ccccn4)C3)cc2)cc1C. The van der Waals surface area contributed by atoms with E-state index in [9.17, 15) is 13.2 Å². The lowest BCUT2D eigenvalue weighted by Gasteiger charge is -2.27. The lowest BCUT2D eigenvalue weighted by Crippen LogP contribution is -2.35. The summed E-state index contributed by atoms with van der Waals surface area (Å²) in [5.74, 6) is -0.0879. The van der Waals surface area contributed by atoms with Gasteiger partial charge in [0.05, 0.1) is 10.6 Å². The molecule has 1 amide bonds. The Balaban J connectivity index is 1.46. The number of aromatic nitrogens is 1. The molecule has 0 fully saturated rings. The van der Waals surface area contributed by atoms with Crippen LogP contribution in [-0.4, -0.2) is 37.3 Å². The number of benzene rings is 2. The first-order valence-electron chi connectivity index (χ1n) is 10.4. The molecule has 0 spiro atoms. The number of pyridine rings is 1. The first-order valence-corrected chi connectivity index (χ1v) is 11.9. The van der Waals surface area contributed by atoms with E-state index in [1.165, 1.54) is 0 Å². The van der Waals surface area contributed by atoms with Crippen molar-refractivity contribution in [1.29, 1.82) is 0 Å². The molecule has 1 aliphatic rings. The number of rotatable bonds is 5. The lowest BCUT2D eigenvalue weighted by atomic mass is 10.0. The van der Waals surface area contributed by atoms with E-state index in [0.717, 1.165) is 28.8 Å². The second kappa shape index (κ2) is 8.96. The van der Waals surface area contributed by atoms with E-state index in [1.807, 2.05) is 32.0 Å². The topological polar surface area (TPSA) is 79.4 Å². The van der Waals surface area contributed by atoms with E-state index in [0.29, 0.717) is 24.3 Å². The summed E-state index contributed by atoms with van der Waals surface area (Å²) in [6.07, 6.45) is 4.64. The van der Waals surface area contributed by atoms with Gasteiger partial charge in [0.25, 0.3) is 15.9 Å². The smallest absolute Gasteiger partial charge is 0.261 e. The maximum atomic E-state index is 13.0. The minimum atomic E-state index is -3.70. The van der Waals surface area contributed by atoms with Gasteiger partial charge in [-0.25, -0.2) is 8.42 Å². The normalized spacial score (nSPS) is 14.1. The molecule has 4 rings (SSSR count). The third-order valence-electron chi connectivity index (χ3n) is 5.60. The van der Waals surface area contributed by atoms with Crippen molar-refractivity contribution in [2.75, 3.05) is 17.8 Å². The van der Waals surface area contributed by atoms with Crippen molar-refractivity contribution >= 4 is 27.2 Å². The molecule has 1 aliphatic heterocycles. The summed E-state index contributed by atoms with van der Waals surface area (Å²) >= 11 is 0. The standard InChI is InChI=1S/C25H25N3O3S/c1-18-8-13-23(16-19(18)2)32(30,31)27-22-11-9-20(10-12-22)25(29)28-15-5-6-21(17-28)24-7-3-4-14-26-24/h3-4,6-14,16,27H,5,15,17H2,1-2H3. The predicted molar refractivity (Wildman–Crippen MR) is 126 cm³/mol. The van der Waals surface area contributed by atoms with E-state index < -0.39 is 10.0 Å². The van der Waals surface area contributed by atoms with E-state index in [2.05, 4.69) is 15.8 Å². The molecule has 1 N–H and O–H groups in total. The highest BCUT2D eigenvalue weighted by Crippen LogP contribution is 2.22. The molecule has 0 saturated carbocycles. The number of anilines is 1. The third kappa shape index (κ3) is 4.73. The van der Waals surface area contributed by atoms with Gasteiger partial charge >= 0.3 is 0 Å². The minimum Gasteiger partial charge on any atom is -0.334 e. The molecule has 7 heteroatoms. The van der Waals surface area contributed by atoms with Crippen molar-refractivity contribution in [3.63, 3.8) is 0 Å².